The molecular formula is C38H41N3O6S2. The van der Waals surface area contributed by atoms with Crippen molar-refractivity contribution >= 4 is 63.6 Å². The van der Waals surface area contributed by atoms with Crippen LogP contribution in [0.4, 0.5) is 10.7 Å². The number of rotatable bonds is 11. The number of carbonyl (C=O) groups excluding carboxylic acids is 4. The average Bonchev–Trinajstić information content (AvgIpc) is 3.73. The Morgan fingerprint density at radius 2 is 1.82 bits per heavy atom. The third-order valence-electron chi connectivity index (χ3n) is 8.51. The summed E-state index contributed by atoms with van der Waals surface area (Å²) in [5, 5.41) is 8.65. The van der Waals surface area contributed by atoms with Crippen LogP contribution in [0, 0.1) is 11.3 Å². The number of benzene rings is 2. The van der Waals surface area contributed by atoms with Crippen molar-refractivity contribution in [3.05, 3.63) is 106 Å². The maximum Gasteiger partial charge on any atom is 0.341 e. The first-order chi connectivity index (χ1) is 23.5. The van der Waals surface area contributed by atoms with E-state index in [1.807, 2.05) is 13.0 Å². The molecule has 0 saturated carbocycles. The minimum Gasteiger partial charge on any atom is -0.465 e. The van der Waals surface area contributed by atoms with Crippen molar-refractivity contribution in [1.82, 2.24) is 5.32 Å². The topological polar surface area (TPSA) is 127 Å². The van der Waals surface area contributed by atoms with Crippen molar-refractivity contribution in [2.45, 2.75) is 63.5 Å². The monoisotopic (exact) mass is 699 g/mol. The van der Waals surface area contributed by atoms with Gasteiger partial charge in [-0.1, -0.05) is 52.0 Å². The number of carbonyl (C=O) groups is 4. The Morgan fingerprint density at radius 1 is 1.04 bits per heavy atom. The number of nitrogens with one attached hydrogen (secondary N) is 3. The molecule has 0 radical (unpaired) electrons. The number of methoxy groups -OCH3 is 1. The highest BCUT2D eigenvalue weighted by Gasteiger charge is 2.35. The lowest BCUT2D eigenvalue weighted by Gasteiger charge is -2.33. The lowest BCUT2D eigenvalue weighted by molar-refractivity contribution is -0.116. The zero-order valence-corrected chi connectivity index (χ0v) is 29.9. The van der Waals surface area contributed by atoms with Gasteiger partial charge in [-0.3, -0.25) is 14.4 Å². The van der Waals surface area contributed by atoms with Crippen molar-refractivity contribution in [2.24, 2.45) is 11.3 Å². The summed E-state index contributed by atoms with van der Waals surface area (Å²) < 4.78 is 10.5. The van der Waals surface area contributed by atoms with Crippen LogP contribution in [0.5, 0.6) is 0 Å². The smallest absolute Gasteiger partial charge is 0.341 e. The largest absolute Gasteiger partial charge is 0.465 e. The fourth-order valence-corrected chi connectivity index (χ4v) is 8.05. The maximum absolute atomic E-state index is 13.7. The summed E-state index contributed by atoms with van der Waals surface area (Å²) in [4.78, 5) is 54.8. The van der Waals surface area contributed by atoms with Gasteiger partial charge >= 0.3 is 5.97 Å². The Bertz CT molecular complexity index is 1840. The first-order valence-electron chi connectivity index (χ1n) is 16.2. The molecule has 2 aromatic heterocycles. The molecule has 2 unspecified atom stereocenters. The Labute approximate surface area is 294 Å². The Morgan fingerprint density at radius 3 is 2.49 bits per heavy atom. The van der Waals surface area contributed by atoms with E-state index in [0.29, 0.717) is 39.9 Å². The van der Waals surface area contributed by atoms with Gasteiger partial charge in [-0.15, -0.1) is 23.1 Å². The van der Waals surface area contributed by atoms with Crippen LogP contribution in [0.3, 0.4) is 0 Å². The summed E-state index contributed by atoms with van der Waals surface area (Å²) in [6.07, 6.45) is 6.08. The SMILES string of the molecule is CCC(Sc1cccc(NC(=O)/C(=C/c2ccco2)NC(=O)c2ccccc2)c1)C(=O)Nc1sc2c(c1C(=O)OC)CCC(C(C)(C)C)C2. The predicted octanol–water partition coefficient (Wildman–Crippen LogP) is 8.20. The van der Waals surface area contributed by atoms with Gasteiger partial charge in [0.1, 0.15) is 16.5 Å². The number of hydrogen-bond donors (Lipinski definition) is 3. The van der Waals surface area contributed by atoms with Gasteiger partial charge in [-0.05, 0) is 85.0 Å². The van der Waals surface area contributed by atoms with E-state index in [0.717, 1.165) is 34.6 Å². The Kier molecular flexibility index (Phi) is 11.5. The molecule has 2 atom stereocenters. The molecule has 0 fully saturated rings. The van der Waals surface area contributed by atoms with Gasteiger partial charge < -0.3 is 25.1 Å². The quantitative estimate of drug-likeness (QED) is 0.0819. The number of fused-ring (bicyclic) bond motifs is 1. The highest BCUT2D eigenvalue weighted by Crippen LogP contribution is 2.44. The molecule has 4 aromatic rings. The highest BCUT2D eigenvalue weighted by atomic mass is 32.2. The number of amides is 3. The van der Waals surface area contributed by atoms with E-state index in [2.05, 4.69) is 36.7 Å². The van der Waals surface area contributed by atoms with Crippen molar-refractivity contribution in [3.63, 3.8) is 0 Å². The summed E-state index contributed by atoms with van der Waals surface area (Å²) in [5.41, 5.74) is 2.47. The van der Waals surface area contributed by atoms with Crippen LogP contribution < -0.4 is 16.0 Å². The summed E-state index contributed by atoms with van der Waals surface area (Å²) in [7, 11) is 1.36. The molecule has 0 spiro atoms. The van der Waals surface area contributed by atoms with Gasteiger partial charge in [0.15, 0.2) is 0 Å². The van der Waals surface area contributed by atoms with Gasteiger partial charge in [-0.25, -0.2) is 4.79 Å². The normalized spacial score (nSPS) is 15.1. The van der Waals surface area contributed by atoms with E-state index in [4.69, 9.17) is 9.15 Å². The minimum absolute atomic E-state index is 0.00143. The standard InChI is InChI=1S/C38H41N3O6S2/c1-6-30(35(44)41-36-32(37(45)46-5)28-18-17-24(38(2,3)4)20-31(28)49-36)48-27-16-10-14-25(21-27)39-34(43)29(22-26-15-11-19-47-26)40-33(42)23-12-8-7-9-13-23/h7-16,19,21-22,24,30H,6,17-18,20H2,1-5H3,(H,39,43)(H,40,42)(H,41,44)/b29-22-. The molecule has 3 N–H and O–H groups in total. The summed E-state index contributed by atoms with van der Waals surface area (Å²) in [5.74, 6) is -0.757. The first kappa shape index (κ1) is 35.7. The van der Waals surface area contributed by atoms with E-state index in [1.165, 1.54) is 42.5 Å². The molecule has 0 bridgehead atoms. The van der Waals surface area contributed by atoms with Gasteiger partial charge in [-0.2, -0.15) is 0 Å². The third kappa shape index (κ3) is 8.90. The Hall–Kier alpha value is -4.61. The van der Waals surface area contributed by atoms with Crippen molar-refractivity contribution in [2.75, 3.05) is 17.7 Å². The fraction of sp³-hybridized carbons (Fsp3) is 0.316. The van der Waals surface area contributed by atoms with Gasteiger partial charge in [0.05, 0.1) is 24.2 Å². The molecule has 2 aromatic carbocycles. The molecule has 2 heterocycles. The molecule has 3 amide bonds. The van der Waals surface area contributed by atoms with Crippen molar-refractivity contribution in [3.8, 4) is 0 Å². The maximum atomic E-state index is 13.7. The van der Waals surface area contributed by atoms with Crippen LogP contribution in [0.25, 0.3) is 6.08 Å². The molecule has 1 aliphatic rings. The van der Waals surface area contributed by atoms with Gasteiger partial charge in [0.25, 0.3) is 11.8 Å². The van der Waals surface area contributed by atoms with E-state index in [1.54, 1.807) is 60.7 Å². The predicted molar refractivity (Wildman–Crippen MR) is 195 cm³/mol. The van der Waals surface area contributed by atoms with Crippen LogP contribution in [-0.2, 0) is 27.2 Å². The number of anilines is 2. The Balaban J connectivity index is 1.30. The van der Waals surface area contributed by atoms with Crippen LogP contribution in [0.1, 0.15) is 77.5 Å². The molecule has 0 saturated heterocycles. The summed E-state index contributed by atoms with van der Waals surface area (Å²) in [6.45, 7) is 8.65. The molecule has 11 heteroatoms. The molecule has 256 valence electrons. The van der Waals surface area contributed by atoms with Crippen molar-refractivity contribution < 1.29 is 28.3 Å². The van der Waals surface area contributed by atoms with Crippen LogP contribution in [0.15, 0.2) is 88.0 Å². The number of ether oxygens (including phenoxy) is 1. The molecule has 0 aliphatic heterocycles. The molecule has 9 nitrogen and oxygen atoms in total. The first-order valence-corrected chi connectivity index (χ1v) is 17.9. The van der Waals surface area contributed by atoms with Crippen LogP contribution in [-0.4, -0.2) is 36.1 Å². The molecule has 5 rings (SSSR count). The number of esters is 1. The van der Waals surface area contributed by atoms with Crippen LogP contribution in [0.2, 0.25) is 0 Å². The number of thiophene rings is 1. The lowest BCUT2D eigenvalue weighted by Crippen LogP contribution is -2.30. The van der Waals surface area contributed by atoms with E-state index >= 15 is 0 Å². The highest BCUT2D eigenvalue weighted by molar-refractivity contribution is 8.00. The number of thioether (sulfide) groups is 1. The fourth-order valence-electron chi connectivity index (χ4n) is 5.71. The molecule has 1 aliphatic carbocycles. The number of hydrogen-bond acceptors (Lipinski definition) is 8. The zero-order valence-electron chi connectivity index (χ0n) is 28.3. The third-order valence-corrected chi connectivity index (χ3v) is 11.0. The molecule has 49 heavy (non-hydrogen) atoms. The summed E-state index contributed by atoms with van der Waals surface area (Å²) in [6, 6.07) is 19.1. The molecular weight excluding hydrogens is 659 g/mol. The summed E-state index contributed by atoms with van der Waals surface area (Å²) >= 11 is 2.83. The van der Waals surface area contributed by atoms with E-state index < -0.39 is 23.0 Å². The second kappa shape index (κ2) is 15.7. The van der Waals surface area contributed by atoms with Crippen molar-refractivity contribution in [1.29, 1.82) is 0 Å². The minimum atomic E-state index is -0.543. The van der Waals surface area contributed by atoms with E-state index in [9.17, 15) is 19.2 Å². The van der Waals surface area contributed by atoms with E-state index in [-0.39, 0.29) is 17.0 Å². The van der Waals surface area contributed by atoms with Crippen LogP contribution >= 0.6 is 23.1 Å². The van der Waals surface area contributed by atoms with Gasteiger partial charge in [0.2, 0.25) is 5.91 Å². The van der Waals surface area contributed by atoms with Gasteiger partial charge in [0, 0.05) is 27.1 Å². The second-order valence-electron chi connectivity index (χ2n) is 12.9. The number of furan rings is 1. The average molecular weight is 700 g/mol. The second-order valence-corrected chi connectivity index (χ2v) is 15.3. The zero-order chi connectivity index (χ0) is 35.1. The lowest BCUT2D eigenvalue weighted by atomic mass is 9.72.